The van der Waals surface area contributed by atoms with Crippen molar-refractivity contribution in [1.29, 1.82) is 5.26 Å². The van der Waals surface area contributed by atoms with Crippen molar-refractivity contribution >= 4 is 131 Å². The maximum Gasteiger partial charge on any atom is 0.137 e. The third kappa shape index (κ3) is 5.75. The van der Waals surface area contributed by atoms with Crippen molar-refractivity contribution in [2.75, 3.05) is 0 Å². The first-order chi connectivity index (χ1) is 39.7. The van der Waals surface area contributed by atoms with E-state index in [1.54, 1.807) is 0 Å². The molecule has 6 heterocycles. The molecule has 0 N–H and O–H groups in total. The van der Waals surface area contributed by atoms with Crippen LogP contribution < -0.4 is 0 Å². The highest BCUT2D eigenvalue weighted by Crippen LogP contribution is 2.53. The summed E-state index contributed by atoms with van der Waals surface area (Å²) in [6.45, 7) is 0. The van der Waals surface area contributed by atoms with Crippen molar-refractivity contribution in [1.82, 2.24) is 13.7 Å². The molecule has 7 heteroatoms. The Balaban J connectivity index is 1.13. The van der Waals surface area contributed by atoms with Gasteiger partial charge in [-0.25, -0.2) is 0 Å². The molecule has 0 saturated carbocycles. The minimum Gasteiger partial charge on any atom is -0.456 e. The van der Waals surface area contributed by atoms with E-state index in [0.717, 1.165) is 171 Å². The number of nitriles is 1. The van der Waals surface area contributed by atoms with E-state index in [1.165, 1.54) is 0 Å². The van der Waals surface area contributed by atoms with E-state index < -0.39 is 0 Å². The molecule has 0 aliphatic rings. The lowest BCUT2D eigenvalue weighted by molar-refractivity contribution is 0.669. The van der Waals surface area contributed by atoms with Gasteiger partial charge in [0, 0.05) is 94.0 Å². The summed E-state index contributed by atoms with van der Waals surface area (Å²) in [5, 5.41) is 25.4. The van der Waals surface area contributed by atoms with Crippen LogP contribution in [0.15, 0.2) is 256 Å². The summed E-state index contributed by atoms with van der Waals surface area (Å²) < 4.78 is 27.5. The van der Waals surface area contributed by atoms with Crippen molar-refractivity contribution < 1.29 is 13.3 Å². The second kappa shape index (κ2) is 16.0. The van der Waals surface area contributed by atoms with Gasteiger partial charge in [-0.05, 0) is 65.7 Å². The Morgan fingerprint density at radius 1 is 0.250 bits per heavy atom. The summed E-state index contributed by atoms with van der Waals surface area (Å²) in [5.74, 6) is 0. The van der Waals surface area contributed by atoms with Crippen LogP contribution in [0.1, 0.15) is 5.56 Å². The van der Waals surface area contributed by atoms with E-state index in [1.807, 2.05) is 36.4 Å². The predicted molar refractivity (Wildman–Crippen MR) is 327 cm³/mol. The highest BCUT2D eigenvalue weighted by molar-refractivity contribution is 6.22. The smallest absolute Gasteiger partial charge is 0.137 e. The average Bonchev–Trinajstić information content (AvgIpc) is 4.51. The summed E-state index contributed by atoms with van der Waals surface area (Å²) in [5.41, 5.74) is 17.0. The van der Waals surface area contributed by atoms with E-state index in [0.29, 0.717) is 5.56 Å². The Morgan fingerprint density at radius 2 is 0.550 bits per heavy atom. The molecule has 0 aliphatic heterocycles. The number of aromatic nitrogens is 3. The number of para-hydroxylation sites is 6. The van der Waals surface area contributed by atoms with Gasteiger partial charge in [0.2, 0.25) is 0 Å². The molecular formula is C73H40N4O3. The zero-order valence-corrected chi connectivity index (χ0v) is 42.6. The molecule has 18 rings (SSSR count). The van der Waals surface area contributed by atoms with Crippen LogP contribution in [0.2, 0.25) is 0 Å². The molecule has 6 aromatic heterocycles. The third-order valence-corrected chi connectivity index (χ3v) is 16.8. The number of fused-ring (bicyclic) bond motifs is 18. The van der Waals surface area contributed by atoms with Crippen LogP contribution in [0.3, 0.4) is 0 Å². The van der Waals surface area contributed by atoms with Crippen LogP contribution in [0, 0.1) is 11.3 Å². The molecule has 0 fully saturated rings. The van der Waals surface area contributed by atoms with Crippen molar-refractivity contribution in [3.63, 3.8) is 0 Å². The molecule has 0 atom stereocenters. The number of hydrogen-bond donors (Lipinski definition) is 0. The number of benzene rings is 12. The Bertz CT molecular complexity index is 5490. The molecule has 0 bridgehead atoms. The summed E-state index contributed by atoms with van der Waals surface area (Å²) in [6, 6.07) is 88.4. The Morgan fingerprint density at radius 3 is 0.900 bits per heavy atom. The fraction of sp³-hybridized carbons (Fsp3) is 0. The Kier molecular flexibility index (Phi) is 8.61. The maximum atomic E-state index is 12.8. The summed E-state index contributed by atoms with van der Waals surface area (Å²) >= 11 is 0. The zero-order chi connectivity index (χ0) is 52.3. The minimum atomic E-state index is 0.492. The molecule has 0 saturated heterocycles. The van der Waals surface area contributed by atoms with Crippen LogP contribution >= 0.6 is 0 Å². The van der Waals surface area contributed by atoms with Crippen LogP contribution in [0.4, 0.5) is 0 Å². The van der Waals surface area contributed by atoms with Crippen molar-refractivity contribution in [2.45, 2.75) is 0 Å². The molecular weight excluding hydrogens is 981 g/mol. The van der Waals surface area contributed by atoms with E-state index in [9.17, 15) is 5.26 Å². The highest BCUT2D eigenvalue weighted by atomic mass is 16.3. The summed E-state index contributed by atoms with van der Waals surface area (Å²) in [6.07, 6.45) is 0. The van der Waals surface area contributed by atoms with Crippen LogP contribution in [-0.4, -0.2) is 13.7 Å². The molecule has 12 aromatic carbocycles. The lowest BCUT2D eigenvalue weighted by Crippen LogP contribution is -2.13. The average molecular weight is 1020 g/mol. The quantitative estimate of drug-likeness (QED) is 0.172. The zero-order valence-electron chi connectivity index (χ0n) is 42.6. The van der Waals surface area contributed by atoms with E-state index in [2.05, 4.69) is 226 Å². The van der Waals surface area contributed by atoms with Gasteiger partial charge in [-0.1, -0.05) is 170 Å². The molecule has 0 amide bonds. The van der Waals surface area contributed by atoms with E-state index in [4.69, 9.17) is 13.3 Å². The van der Waals surface area contributed by atoms with Crippen LogP contribution in [0.5, 0.6) is 0 Å². The minimum absolute atomic E-state index is 0.492. The first kappa shape index (κ1) is 43.1. The van der Waals surface area contributed by atoms with E-state index >= 15 is 0 Å². The van der Waals surface area contributed by atoms with Crippen molar-refractivity contribution in [3.8, 4) is 45.4 Å². The number of hydrogen-bond acceptors (Lipinski definition) is 4. The molecule has 80 heavy (non-hydrogen) atoms. The Hall–Kier alpha value is -11.1. The molecule has 0 spiro atoms. The van der Waals surface area contributed by atoms with Crippen molar-refractivity contribution in [2.24, 2.45) is 0 Å². The van der Waals surface area contributed by atoms with E-state index in [-0.39, 0.29) is 0 Å². The van der Waals surface area contributed by atoms with Gasteiger partial charge in [0.15, 0.2) is 0 Å². The summed E-state index contributed by atoms with van der Waals surface area (Å²) in [7, 11) is 0. The van der Waals surface area contributed by atoms with Crippen LogP contribution in [-0.2, 0) is 0 Å². The lowest BCUT2D eigenvalue weighted by Gasteiger charge is -2.28. The predicted octanol–water partition coefficient (Wildman–Crippen LogP) is 19.9. The SMILES string of the molecule is N#Cc1c(-n2c3ccccc3c3cc4c(cc32)oc2ccccc24)c(-c2ccccc2)c(-n2c3ccccc3c3cc4c(cc32)oc2ccccc24)c(-c2ccccc2)c1-n1c2ccccc2c2cc3c(cc21)oc1ccccc13. The number of furan rings is 3. The molecule has 0 aliphatic carbocycles. The van der Waals surface area contributed by atoms with Gasteiger partial charge >= 0.3 is 0 Å². The number of rotatable bonds is 5. The van der Waals surface area contributed by atoms with Gasteiger partial charge in [0.1, 0.15) is 45.1 Å². The van der Waals surface area contributed by atoms with Gasteiger partial charge < -0.3 is 27.0 Å². The topological polar surface area (TPSA) is 78.0 Å². The standard InChI is InChI=1S/C73H40N4O3/c74-41-56-71(75-57-29-13-7-23-44(57)50-35-53-47-26-10-16-32-63(47)78-66(53)38-60(50)75)69(42-19-3-1-4-20-42)73(77-59-31-15-9-25-46(59)52-37-55-49-28-12-18-34-65(49)80-68(55)40-62(52)77)70(43-21-5-2-6-22-43)72(56)76-58-30-14-8-24-45(58)51-36-54-48-27-11-17-33-64(48)79-67(54)39-61(51)76/h1-40H. The second-order valence-electron chi connectivity index (χ2n) is 21.0. The maximum absolute atomic E-state index is 12.8. The number of nitrogens with zero attached hydrogens (tertiary/aromatic N) is 4. The molecule has 0 radical (unpaired) electrons. The van der Waals surface area contributed by atoms with Gasteiger partial charge in [0.25, 0.3) is 0 Å². The van der Waals surface area contributed by atoms with Gasteiger partial charge in [-0.15, -0.1) is 0 Å². The second-order valence-corrected chi connectivity index (χ2v) is 21.0. The summed E-state index contributed by atoms with van der Waals surface area (Å²) in [4.78, 5) is 0. The fourth-order valence-electron chi connectivity index (χ4n) is 13.5. The highest BCUT2D eigenvalue weighted by Gasteiger charge is 2.34. The lowest BCUT2D eigenvalue weighted by atomic mass is 9.88. The normalized spacial score (nSPS) is 12.2. The first-order valence-corrected chi connectivity index (χ1v) is 27.0. The third-order valence-electron chi connectivity index (χ3n) is 16.8. The fourth-order valence-corrected chi connectivity index (χ4v) is 13.5. The molecule has 7 nitrogen and oxygen atoms in total. The van der Waals surface area contributed by atoms with Gasteiger partial charge in [-0.2, -0.15) is 5.26 Å². The van der Waals surface area contributed by atoms with Crippen LogP contribution in [0.25, 0.3) is 171 Å². The van der Waals surface area contributed by atoms with Gasteiger partial charge in [0.05, 0.1) is 50.2 Å². The molecule has 0 unspecified atom stereocenters. The monoisotopic (exact) mass is 1020 g/mol. The largest absolute Gasteiger partial charge is 0.456 e. The first-order valence-electron chi connectivity index (χ1n) is 27.0. The van der Waals surface area contributed by atoms with Gasteiger partial charge in [-0.3, -0.25) is 0 Å². The molecule has 18 aromatic rings. The molecule has 370 valence electrons. The Labute approximate surface area is 454 Å². The van der Waals surface area contributed by atoms with Crippen molar-refractivity contribution in [3.05, 3.63) is 248 Å².